The molecule has 22 heavy (non-hydrogen) atoms. The molecule has 2 N–H and O–H groups in total. The van der Waals surface area contributed by atoms with E-state index in [2.05, 4.69) is 15.6 Å². The number of anilines is 1. The van der Waals surface area contributed by atoms with Crippen molar-refractivity contribution in [3.05, 3.63) is 59.3 Å². The number of carbonyl (C=O) groups is 2. The summed E-state index contributed by atoms with van der Waals surface area (Å²) in [5.74, 6) is -0.118. The van der Waals surface area contributed by atoms with Crippen LogP contribution in [0.2, 0.25) is 0 Å². The molecule has 0 aliphatic carbocycles. The number of amides is 2. The van der Waals surface area contributed by atoms with Gasteiger partial charge in [0.25, 0.3) is 5.91 Å². The van der Waals surface area contributed by atoms with Crippen LogP contribution in [0.3, 0.4) is 0 Å². The minimum atomic E-state index is -0.656. The Hall–Kier alpha value is -2.69. The van der Waals surface area contributed by atoms with Gasteiger partial charge < -0.3 is 10.6 Å². The molecule has 0 saturated carbocycles. The zero-order valence-electron chi connectivity index (χ0n) is 12.9. The second-order valence-corrected chi connectivity index (χ2v) is 5.27. The van der Waals surface area contributed by atoms with E-state index in [9.17, 15) is 9.59 Å². The van der Waals surface area contributed by atoms with Crippen molar-refractivity contribution in [3.63, 3.8) is 0 Å². The first-order chi connectivity index (χ1) is 10.5. The maximum Gasteiger partial charge on any atom is 0.251 e. The first-order valence-electron chi connectivity index (χ1n) is 7.07. The SMILES string of the molecule is Cc1ccc(NC(=O)[C@H](C)NC(=O)c2cccc(C)c2)nc1. The van der Waals surface area contributed by atoms with Crippen molar-refractivity contribution < 1.29 is 9.59 Å². The highest BCUT2D eigenvalue weighted by Gasteiger charge is 2.17. The second-order valence-electron chi connectivity index (χ2n) is 5.27. The van der Waals surface area contributed by atoms with Crippen LogP contribution < -0.4 is 10.6 Å². The molecule has 0 fully saturated rings. The highest BCUT2D eigenvalue weighted by atomic mass is 16.2. The number of aryl methyl sites for hydroxylation is 2. The molecule has 0 aliphatic heterocycles. The van der Waals surface area contributed by atoms with Crippen LogP contribution in [0, 0.1) is 13.8 Å². The van der Waals surface area contributed by atoms with E-state index >= 15 is 0 Å². The zero-order chi connectivity index (χ0) is 16.1. The number of benzene rings is 1. The van der Waals surface area contributed by atoms with E-state index in [4.69, 9.17) is 0 Å². The molecule has 5 heteroatoms. The third-order valence-electron chi connectivity index (χ3n) is 3.18. The Bertz CT molecular complexity index is 681. The van der Waals surface area contributed by atoms with Gasteiger partial charge in [0.15, 0.2) is 0 Å². The number of nitrogens with one attached hydrogen (secondary N) is 2. The van der Waals surface area contributed by atoms with Crippen LogP contribution in [-0.4, -0.2) is 22.8 Å². The van der Waals surface area contributed by atoms with Gasteiger partial charge in [0.2, 0.25) is 5.91 Å². The lowest BCUT2D eigenvalue weighted by molar-refractivity contribution is -0.117. The minimum absolute atomic E-state index is 0.275. The van der Waals surface area contributed by atoms with Gasteiger partial charge in [-0.05, 0) is 44.5 Å². The molecule has 1 heterocycles. The van der Waals surface area contributed by atoms with Gasteiger partial charge in [-0.2, -0.15) is 0 Å². The van der Waals surface area contributed by atoms with Crippen molar-refractivity contribution >= 4 is 17.6 Å². The Balaban J connectivity index is 1.96. The highest BCUT2D eigenvalue weighted by molar-refractivity contribution is 6.00. The van der Waals surface area contributed by atoms with Crippen LogP contribution in [0.25, 0.3) is 0 Å². The molecule has 1 aromatic carbocycles. The lowest BCUT2D eigenvalue weighted by Crippen LogP contribution is -2.41. The average Bonchev–Trinajstić information content (AvgIpc) is 2.49. The Morgan fingerprint density at radius 3 is 2.50 bits per heavy atom. The van der Waals surface area contributed by atoms with E-state index in [1.807, 2.05) is 32.0 Å². The van der Waals surface area contributed by atoms with E-state index in [0.29, 0.717) is 11.4 Å². The number of pyridine rings is 1. The number of rotatable bonds is 4. The maximum absolute atomic E-state index is 12.1. The van der Waals surface area contributed by atoms with E-state index in [1.165, 1.54) is 0 Å². The average molecular weight is 297 g/mol. The largest absolute Gasteiger partial charge is 0.341 e. The van der Waals surface area contributed by atoms with Crippen LogP contribution in [-0.2, 0) is 4.79 Å². The van der Waals surface area contributed by atoms with Gasteiger partial charge in [0.1, 0.15) is 11.9 Å². The van der Waals surface area contributed by atoms with Crippen molar-refractivity contribution in [2.24, 2.45) is 0 Å². The van der Waals surface area contributed by atoms with Gasteiger partial charge in [0.05, 0.1) is 0 Å². The van der Waals surface area contributed by atoms with Gasteiger partial charge in [-0.15, -0.1) is 0 Å². The summed E-state index contributed by atoms with van der Waals surface area (Å²) in [5, 5.41) is 5.35. The second kappa shape index (κ2) is 6.85. The monoisotopic (exact) mass is 297 g/mol. The Kier molecular flexibility index (Phi) is 4.88. The lowest BCUT2D eigenvalue weighted by Gasteiger charge is -2.14. The number of aromatic nitrogens is 1. The van der Waals surface area contributed by atoms with Gasteiger partial charge in [-0.1, -0.05) is 23.8 Å². The number of hydrogen-bond donors (Lipinski definition) is 2. The van der Waals surface area contributed by atoms with Crippen molar-refractivity contribution in [1.82, 2.24) is 10.3 Å². The Morgan fingerprint density at radius 2 is 1.86 bits per heavy atom. The molecule has 0 radical (unpaired) electrons. The molecular weight excluding hydrogens is 278 g/mol. The van der Waals surface area contributed by atoms with E-state index in [-0.39, 0.29) is 11.8 Å². The van der Waals surface area contributed by atoms with Crippen molar-refractivity contribution in [2.75, 3.05) is 5.32 Å². The predicted octanol–water partition coefficient (Wildman–Crippen LogP) is 2.46. The number of hydrogen-bond acceptors (Lipinski definition) is 3. The fourth-order valence-electron chi connectivity index (χ4n) is 1.91. The molecule has 0 saturated heterocycles. The molecule has 1 aromatic heterocycles. The summed E-state index contributed by atoms with van der Waals surface area (Å²) in [5.41, 5.74) is 2.54. The maximum atomic E-state index is 12.1. The normalized spacial score (nSPS) is 11.6. The van der Waals surface area contributed by atoms with Crippen LogP contribution in [0.1, 0.15) is 28.4 Å². The number of carbonyl (C=O) groups excluding carboxylic acids is 2. The van der Waals surface area contributed by atoms with Crippen LogP contribution in [0.5, 0.6) is 0 Å². The van der Waals surface area contributed by atoms with Gasteiger partial charge in [0, 0.05) is 11.8 Å². The van der Waals surface area contributed by atoms with Gasteiger partial charge in [-0.25, -0.2) is 4.98 Å². The third kappa shape index (κ3) is 4.15. The quantitative estimate of drug-likeness (QED) is 0.910. The molecule has 2 aromatic rings. The molecule has 0 bridgehead atoms. The number of nitrogens with zero attached hydrogens (tertiary/aromatic N) is 1. The summed E-state index contributed by atoms with van der Waals surface area (Å²) in [6.45, 7) is 5.47. The summed E-state index contributed by atoms with van der Waals surface area (Å²) >= 11 is 0. The first kappa shape index (κ1) is 15.7. The molecule has 0 aliphatic rings. The molecule has 5 nitrogen and oxygen atoms in total. The minimum Gasteiger partial charge on any atom is -0.341 e. The zero-order valence-corrected chi connectivity index (χ0v) is 12.9. The van der Waals surface area contributed by atoms with Crippen LogP contribution >= 0.6 is 0 Å². The molecule has 2 amide bonds. The Labute approximate surface area is 129 Å². The molecule has 114 valence electrons. The van der Waals surface area contributed by atoms with Crippen molar-refractivity contribution in [3.8, 4) is 0 Å². The van der Waals surface area contributed by atoms with Crippen LogP contribution in [0.15, 0.2) is 42.6 Å². The van der Waals surface area contributed by atoms with Gasteiger partial charge >= 0.3 is 0 Å². The van der Waals surface area contributed by atoms with Gasteiger partial charge in [-0.3, -0.25) is 9.59 Å². The standard InChI is InChI=1S/C17H19N3O2/c1-11-5-4-6-14(9-11)17(22)19-13(3)16(21)20-15-8-7-12(2)10-18-15/h4-10,13H,1-3H3,(H,19,22)(H,18,20,21)/t13-/m0/s1. The summed E-state index contributed by atoms with van der Waals surface area (Å²) in [6.07, 6.45) is 1.67. The van der Waals surface area contributed by atoms with E-state index in [1.54, 1.807) is 31.3 Å². The summed E-state index contributed by atoms with van der Waals surface area (Å²) in [4.78, 5) is 28.3. The van der Waals surface area contributed by atoms with E-state index in [0.717, 1.165) is 11.1 Å². The molecule has 2 rings (SSSR count). The topological polar surface area (TPSA) is 71.1 Å². The molecular formula is C17H19N3O2. The van der Waals surface area contributed by atoms with Crippen molar-refractivity contribution in [2.45, 2.75) is 26.8 Å². The predicted molar refractivity (Wildman–Crippen MR) is 85.7 cm³/mol. The molecule has 0 spiro atoms. The highest BCUT2D eigenvalue weighted by Crippen LogP contribution is 2.06. The fourth-order valence-corrected chi connectivity index (χ4v) is 1.91. The van der Waals surface area contributed by atoms with E-state index < -0.39 is 6.04 Å². The summed E-state index contributed by atoms with van der Waals surface area (Å²) in [6, 6.07) is 10.1. The smallest absolute Gasteiger partial charge is 0.251 e. The summed E-state index contributed by atoms with van der Waals surface area (Å²) < 4.78 is 0. The molecule has 0 unspecified atom stereocenters. The molecule has 1 atom stereocenters. The lowest BCUT2D eigenvalue weighted by atomic mass is 10.1. The third-order valence-corrected chi connectivity index (χ3v) is 3.18. The fraction of sp³-hybridized carbons (Fsp3) is 0.235. The van der Waals surface area contributed by atoms with Crippen molar-refractivity contribution in [1.29, 1.82) is 0 Å². The van der Waals surface area contributed by atoms with Crippen LogP contribution in [0.4, 0.5) is 5.82 Å². The first-order valence-corrected chi connectivity index (χ1v) is 7.07. The summed E-state index contributed by atoms with van der Waals surface area (Å²) in [7, 11) is 0. The Morgan fingerprint density at radius 1 is 1.09 bits per heavy atom.